The van der Waals surface area contributed by atoms with Crippen molar-refractivity contribution in [3.63, 3.8) is 0 Å². The topological polar surface area (TPSA) is 90.0 Å². The van der Waals surface area contributed by atoms with Crippen LogP contribution in [0.4, 0.5) is 4.79 Å². The summed E-state index contributed by atoms with van der Waals surface area (Å²) in [4.78, 5) is 38.0. The quantitative estimate of drug-likeness (QED) is 0.765. The summed E-state index contributed by atoms with van der Waals surface area (Å²) in [5, 5.41) is 11.6. The Hall–Kier alpha value is -1.79. The molecule has 0 aromatic carbocycles. The number of nitrogens with zero attached hydrogens (tertiary/aromatic N) is 2. The Kier molecular flexibility index (Phi) is 7.18. The molecule has 7 heteroatoms. The lowest BCUT2D eigenvalue weighted by atomic mass is 9.87. The van der Waals surface area contributed by atoms with Crippen molar-refractivity contribution in [2.24, 2.45) is 5.41 Å². The molecule has 1 atom stereocenters. The molecule has 122 valence electrons. The minimum Gasteiger partial charge on any atom is -0.480 e. The van der Waals surface area contributed by atoms with Crippen LogP contribution in [0.1, 0.15) is 34.6 Å². The van der Waals surface area contributed by atoms with Gasteiger partial charge in [0.1, 0.15) is 12.6 Å². The number of carbonyl (C=O) groups is 3. The second kappa shape index (κ2) is 7.85. The highest BCUT2D eigenvalue weighted by atomic mass is 16.4. The zero-order valence-corrected chi connectivity index (χ0v) is 13.8. The van der Waals surface area contributed by atoms with Crippen molar-refractivity contribution in [1.29, 1.82) is 0 Å². The number of carboxylic acid groups (broad SMARTS) is 1. The lowest BCUT2D eigenvalue weighted by Crippen LogP contribution is -2.54. The van der Waals surface area contributed by atoms with Crippen molar-refractivity contribution in [3.8, 4) is 0 Å². The molecule has 0 aromatic heterocycles. The Balaban J connectivity index is 4.71. The van der Waals surface area contributed by atoms with E-state index < -0.39 is 23.5 Å². The summed E-state index contributed by atoms with van der Waals surface area (Å²) >= 11 is 0. The van der Waals surface area contributed by atoms with Crippen LogP contribution < -0.4 is 5.32 Å². The third-order valence-electron chi connectivity index (χ3n) is 3.22. The minimum atomic E-state index is -1.10. The summed E-state index contributed by atoms with van der Waals surface area (Å²) in [6.45, 7) is 9.98. The van der Waals surface area contributed by atoms with E-state index in [1.54, 1.807) is 25.7 Å². The maximum Gasteiger partial charge on any atom is 0.326 e. The van der Waals surface area contributed by atoms with E-state index >= 15 is 0 Å². The molecule has 0 bridgehead atoms. The fourth-order valence-electron chi connectivity index (χ4n) is 1.83. The third-order valence-corrected chi connectivity index (χ3v) is 3.22. The van der Waals surface area contributed by atoms with Gasteiger partial charge in [0, 0.05) is 20.1 Å². The Morgan fingerprint density at radius 1 is 1.14 bits per heavy atom. The van der Waals surface area contributed by atoms with Gasteiger partial charge in [0.25, 0.3) is 0 Å². The molecule has 0 aliphatic carbocycles. The molecule has 0 saturated heterocycles. The Morgan fingerprint density at radius 3 is 1.95 bits per heavy atom. The molecule has 21 heavy (non-hydrogen) atoms. The number of amides is 3. The highest BCUT2D eigenvalue weighted by molar-refractivity contribution is 5.86. The summed E-state index contributed by atoms with van der Waals surface area (Å²) in [7, 11) is 1.47. The van der Waals surface area contributed by atoms with Gasteiger partial charge < -0.3 is 20.2 Å². The van der Waals surface area contributed by atoms with Gasteiger partial charge in [-0.15, -0.1) is 0 Å². The lowest BCUT2D eigenvalue weighted by molar-refractivity contribution is -0.142. The third kappa shape index (κ3) is 6.01. The van der Waals surface area contributed by atoms with E-state index in [0.29, 0.717) is 13.1 Å². The van der Waals surface area contributed by atoms with Crippen LogP contribution in [-0.2, 0) is 9.59 Å². The summed E-state index contributed by atoms with van der Waals surface area (Å²) in [6.07, 6.45) is 0. The van der Waals surface area contributed by atoms with Crippen molar-refractivity contribution < 1.29 is 19.5 Å². The van der Waals surface area contributed by atoms with Crippen LogP contribution in [0.25, 0.3) is 0 Å². The van der Waals surface area contributed by atoms with Gasteiger partial charge in [-0.05, 0) is 19.3 Å². The minimum absolute atomic E-state index is 0.0794. The van der Waals surface area contributed by atoms with E-state index in [0.717, 1.165) is 0 Å². The molecule has 0 radical (unpaired) electrons. The smallest absolute Gasteiger partial charge is 0.326 e. The molecule has 0 saturated carbocycles. The number of nitrogens with one attached hydrogen (secondary N) is 1. The number of carbonyl (C=O) groups excluding carboxylic acids is 2. The van der Waals surface area contributed by atoms with Gasteiger partial charge in [-0.2, -0.15) is 0 Å². The van der Waals surface area contributed by atoms with Gasteiger partial charge in [-0.3, -0.25) is 4.79 Å². The molecule has 0 aliphatic heterocycles. The van der Waals surface area contributed by atoms with Crippen LogP contribution in [0, 0.1) is 5.41 Å². The van der Waals surface area contributed by atoms with Gasteiger partial charge in [0.15, 0.2) is 0 Å². The molecule has 0 aromatic rings. The largest absolute Gasteiger partial charge is 0.480 e. The number of hydrogen-bond donors (Lipinski definition) is 2. The first-order valence-electron chi connectivity index (χ1n) is 7.06. The summed E-state index contributed by atoms with van der Waals surface area (Å²) in [5.74, 6) is -1.26. The van der Waals surface area contributed by atoms with E-state index in [1.165, 1.54) is 11.9 Å². The molecule has 2 N–H and O–H groups in total. The summed E-state index contributed by atoms with van der Waals surface area (Å²) < 4.78 is 0. The first kappa shape index (κ1) is 19.2. The van der Waals surface area contributed by atoms with Crippen molar-refractivity contribution in [2.45, 2.75) is 40.7 Å². The van der Waals surface area contributed by atoms with Crippen molar-refractivity contribution in [3.05, 3.63) is 0 Å². The molecule has 3 amide bonds. The molecular weight excluding hydrogens is 274 g/mol. The molecule has 0 aliphatic rings. The predicted octanol–water partition coefficient (Wildman–Crippen LogP) is 0.996. The molecule has 0 spiro atoms. The van der Waals surface area contributed by atoms with Gasteiger partial charge >= 0.3 is 12.0 Å². The van der Waals surface area contributed by atoms with Crippen LogP contribution in [0.5, 0.6) is 0 Å². The monoisotopic (exact) mass is 301 g/mol. The first-order chi connectivity index (χ1) is 9.54. The van der Waals surface area contributed by atoms with E-state index in [1.807, 2.05) is 13.8 Å². The fraction of sp³-hybridized carbons (Fsp3) is 0.786. The number of aliphatic carboxylic acids is 1. The van der Waals surface area contributed by atoms with E-state index in [-0.39, 0.29) is 12.5 Å². The van der Waals surface area contributed by atoms with Crippen molar-refractivity contribution >= 4 is 17.9 Å². The second-order valence-electron chi connectivity index (χ2n) is 6.01. The average molecular weight is 301 g/mol. The van der Waals surface area contributed by atoms with Gasteiger partial charge in [-0.1, -0.05) is 20.8 Å². The predicted molar refractivity (Wildman–Crippen MR) is 80.0 cm³/mol. The van der Waals surface area contributed by atoms with Gasteiger partial charge in [0.05, 0.1) is 0 Å². The maximum absolute atomic E-state index is 12.0. The van der Waals surface area contributed by atoms with Crippen LogP contribution in [0.2, 0.25) is 0 Å². The Labute approximate surface area is 126 Å². The highest BCUT2D eigenvalue weighted by Crippen LogP contribution is 2.19. The van der Waals surface area contributed by atoms with Crippen LogP contribution >= 0.6 is 0 Å². The maximum atomic E-state index is 12.0. The first-order valence-corrected chi connectivity index (χ1v) is 7.06. The lowest BCUT2D eigenvalue weighted by Gasteiger charge is -2.30. The van der Waals surface area contributed by atoms with Crippen LogP contribution in [0.3, 0.4) is 0 Å². The molecule has 0 rings (SSSR count). The SMILES string of the molecule is CCN(CC)C(=O)CN(C)C(=O)N[C@@H](C(=O)O)C(C)(C)C. The fourth-order valence-corrected chi connectivity index (χ4v) is 1.83. The number of urea groups is 1. The highest BCUT2D eigenvalue weighted by Gasteiger charge is 2.33. The number of hydrogen-bond acceptors (Lipinski definition) is 3. The Bertz CT molecular complexity index is 386. The molecule has 0 heterocycles. The molecular formula is C14H27N3O4. The molecule has 0 fully saturated rings. The zero-order valence-electron chi connectivity index (χ0n) is 13.8. The van der Waals surface area contributed by atoms with E-state index in [9.17, 15) is 19.5 Å². The Morgan fingerprint density at radius 2 is 1.62 bits per heavy atom. The van der Waals surface area contributed by atoms with E-state index in [2.05, 4.69) is 5.32 Å². The molecule has 7 nitrogen and oxygen atoms in total. The number of carboxylic acids is 1. The zero-order chi connectivity index (χ0) is 16.8. The number of likely N-dealkylation sites (N-methyl/N-ethyl adjacent to an activating group) is 2. The van der Waals surface area contributed by atoms with Crippen LogP contribution in [0.15, 0.2) is 0 Å². The second-order valence-corrected chi connectivity index (χ2v) is 6.01. The van der Waals surface area contributed by atoms with Crippen molar-refractivity contribution in [2.75, 3.05) is 26.7 Å². The van der Waals surface area contributed by atoms with Crippen molar-refractivity contribution in [1.82, 2.24) is 15.1 Å². The normalized spacial score (nSPS) is 12.5. The summed E-state index contributed by atoms with van der Waals surface area (Å²) in [6, 6.07) is -1.59. The van der Waals surface area contributed by atoms with Gasteiger partial charge in [-0.25, -0.2) is 9.59 Å². The average Bonchev–Trinajstić information content (AvgIpc) is 2.34. The van der Waals surface area contributed by atoms with Gasteiger partial charge in [0.2, 0.25) is 5.91 Å². The molecule has 0 unspecified atom stereocenters. The summed E-state index contributed by atoms with van der Waals surface area (Å²) in [5.41, 5.74) is -0.620. The number of rotatable bonds is 6. The van der Waals surface area contributed by atoms with E-state index in [4.69, 9.17) is 0 Å². The standard InChI is InChI=1S/C14H27N3O4/c1-7-17(8-2)10(18)9-16(6)13(21)15-11(12(19)20)14(3,4)5/h11H,7-9H2,1-6H3,(H,15,21)(H,19,20)/t11-/m0/s1. The van der Waals surface area contributed by atoms with Crippen LogP contribution in [-0.4, -0.2) is 65.5 Å².